The predicted octanol–water partition coefficient (Wildman–Crippen LogP) is 2.73. The number of ketones is 1. The van der Waals surface area contributed by atoms with E-state index < -0.39 is 12.6 Å². The molecule has 1 amide bonds. The Hall–Kier alpha value is -2.32. The van der Waals surface area contributed by atoms with Crippen LogP contribution in [0.2, 0.25) is 5.02 Å². The normalized spacial score (nSPS) is 10.3. The van der Waals surface area contributed by atoms with Crippen molar-refractivity contribution in [2.75, 3.05) is 23.4 Å². The number of benzene rings is 1. The number of anilines is 1. The minimum absolute atomic E-state index is 0.0411. The van der Waals surface area contributed by atoms with Gasteiger partial charge >= 0.3 is 5.97 Å². The summed E-state index contributed by atoms with van der Waals surface area (Å²) in [7, 11) is 0. The molecule has 25 heavy (non-hydrogen) atoms. The van der Waals surface area contributed by atoms with Gasteiger partial charge in [0.1, 0.15) is 5.76 Å². The van der Waals surface area contributed by atoms with Crippen LogP contribution in [0.5, 0.6) is 0 Å². The lowest BCUT2D eigenvalue weighted by Gasteiger charge is -2.05. The molecule has 2 aromatic rings. The van der Waals surface area contributed by atoms with Crippen LogP contribution in [0.3, 0.4) is 0 Å². The first-order chi connectivity index (χ1) is 12.0. The minimum atomic E-state index is -0.588. The number of aromatic nitrogens is 1. The third-order valence-electron chi connectivity index (χ3n) is 2.89. The highest BCUT2D eigenvalue weighted by molar-refractivity contribution is 8.00. The Kier molecular flexibility index (Phi) is 7.03. The second-order valence-corrected chi connectivity index (χ2v) is 6.32. The van der Waals surface area contributed by atoms with Gasteiger partial charge in [0.15, 0.2) is 12.4 Å². The Labute approximate surface area is 153 Å². The Morgan fingerprint density at radius 2 is 2.04 bits per heavy atom. The van der Waals surface area contributed by atoms with E-state index in [4.69, 9.17) is 20.9 Å². The highest BCUT2D eigenvalue weighted by Crippen LogP contribution is 2.15. The van der Waals surface area contributed by atoms with Crippen LogP contribution in [0.1, 0.15) is 16.1 Å². The number of thioether (sulfide) groups is 1. The largest absolute Gasteiger partial charge is 0.457 e. The van der Waals surface area contributed by atoms with Gasteiger partial charge in [0.05, 0.1) is 16.5 Å². The van der Waals surface area contributed by atoms with Crippen molar-refractivity contribution in [3.8, 4) is 0 Å². The topological polar surface area (TPSA) is 98.5 Å². The highest BCUT2D eigenvalue weighted by Gasteiger charge is 2.13. The van der Waals surface area contributed by atoms with Gasteiger partial charge in [0.25, 0.3) is 0 Å². The number of rotatable bonds is 8. The standard InChI is InChI=1S/C16H15ClN2O5S/c1-10-6-14(19-24-10)18-15(21)8-25-9-16(22)23-7-13(20)11-4-2-3-5-12(11)17/h2-6H,7-9H2,1H3,(H,18,19,21). The molecule has 0 bridgehead atoms. The molecule has 7 nitrogen and oxygen atoms in total. The summed E-state index contributed by atoms with van der Waals surface area (Å²) >= 11 is 6.96. The SMILES string of the molecule is Cc1cc(NC(=O)CSCC(=O)OCC(=O)c2ccccc2Cl)no1. The molecule has 0 saturated carbocycles. The van der Waals surface area contributed by atoms with Crippen molar-refractivity contribution in [3.63, 3.8) is 0 Å². The summed E-state index contributed by atoms with van der Waals surface area (Å²) in [6, 6.07) is 8.10. The number of halogens is 1. The first kappa shape index (κ1) is 19.0. The average molecular weight is 383 g/mol. The summed E-state index contributed by atoms with van der Waals surface area (Å²) in [4.78, 5) is 35.2. The Morgan fingerprint density at radius 1 is 1.28 bits per heavy atom. The van der Waals surface area contributed by atoms with Gasteiger partial charge in [-0.25, -0.2) is 0 Å². The molecule has 0 aliphatic carbocycles. The average Bonchev–Trinajstić information content (AvgIpc) is 2.98. The minimum Gasteiger partial charge on any atom is -0.457 e. The second kappa shape index (κ2) is 9.24. The Balaban J connectivity index is 1.66. The Morgan fingerprint density at radius 3 is 2.72 bits per heavy atom. The van der Waals surface area contributed by atoms with Crippen LogP contribution in [0.15, 0.2) is 34.9 Å². The van der Waals surface area contributed by atoms with Gasteiger partial charge in [-0.15, -0.1) is 11.8 Å². The maximum atomic E-state index is 11.9. The molecule has 0 unspecified atom stereocenters. The van der Waals surface area contributed by atoms with E-state index in [1.54, 1.807) is 37.3 Å². The fourth-order valence-electron chi connectivity index (χ4n) is 1.78. The maximum Gasteiger partial charge on any atom is 0.316 e. The lowest BCUT2D eigenvalue weighted by molar-refractivity contribution is -0.139. The van der Waals surface area contributed by atoms with Crippen LogP contribution in [0.25, 0.3) is 0 Å². The number of Topliss-reactive ketones (excluding diaryl/α,β-unsaturated/α-hetero) is 1. The number of carbonyl (C=O) groups is 3. The van der Waals surface area contributed by atoms with Crippen LogP contribution in [0, 0.1) is 6.92 Å². The fourth-order valence-corrected chi connectivity index (χ4v) is 2.63. The van der Waals surface area contributed by atoms with E-state index in [1.807, 2.05) is 0 Å². The van der Waals surface area contributed by atoms with Gasteiger partial charge in [-0.3, -0.25) is 14.4 Å². The summed E-state index contributed by atoms with van der Waals surface area (Å²) in [5.41, 5.74) is 0.298. The van der Waals surface area contributed by atoms with Crippen molar-refractivity contribution >= 4 is 46.8 Å². The predicted molar refractivity (Wildman–Crippen MR) is 93.9 cm³/mol. The van der Waals surface area contributed by atoms with Gasteiger partial charge in [0, 0.05) is 11.6 Å². The Bertz CT molecular complexity index is 777. The van der Waals surface area contributed by atoms with Crippen molar-refractivity contribution in [2.45, 2.75) is 6.92 Å². The summed E-state index contributed by atoms with van der Waals surface area (Å²) in [5, 5.41) is 6.46. The van der Waals surface area contributed by atoms with Crippen molar-refractivity contribution in [3.05, 3.63) is 46.7 Å². The number of hydrogen-bond donors (Lipinski definition) is 1. The van der Waals surface area contributed by atoms with Gasteiger partial charge in [-0.05, 0) is 19.1 Å². The molecule has 0 radical (unpaired) electrons. The zero-order valence-corrected chi connectivity index (χ0v) is 14.9. The number of hydrogen-bond acceptors (Lipinski definition) is 7. The molecule has 132 valence electrons. The fraction of sp³-hybridized carbons (Fsp3) is 0.250. The number of carbonyl (C=O) groups excluding carboxylic acids is 3. The van der Waals surface area contributed by atoms with E-state index in [2.05, 4.69) is 10.5 Å². The van der Waals surface area contributed by atoms with Gasteiger partial charge in [-0.2, -0.15) is 0 Å². The molecule has 1 aromatic carbocycles. The molecule has 1 heterocycles. The summed E-state index contributed by atoms with van der Waals surface area (Å²) in [5.74, 6) is -0.414. The van der Waals surface area contributed by atoms with E-state index >= 15 is 0 Å². The van der Waals surface area contributed by atoms with Gasteiger partial charge < -0.3 is 14.6 Å². The van der Waals surface area contributed by atoms with Crippen molar-refractivity contribution in [2.24, 2.45) is 0 Å². The zero-order valence-electron chi connectivity index (χ0n) is 13.3. The van der Waals surface area contributed by atoms with Crippen LogP contribution in [-0.4, -0.2) is 40.9 Å². The first-order valence-corrected chi connectivity index (χ1v) is 8.73. The molecule has 1 aromatic heterocycles. The van der Waals surface area contributed by atoms with Crippen LogP contribution in [0.4, 0.5) is 5.82 Å². The molecule has 0 aliphatic heterocycles. The van der Waals surface area contributed by atoms with E-state index in [0.29, 0.717) is 22.2 Å². The quantitative estimate of drug-likeness (QED) is 0.553. The molecule has 0 aliphatic rings. The van der Waals surface area contributed by atoms with Crippen LogP contribution in [-0.2, 0) is 14.3 Å². The number of aryl methyl sites for hydroxylation is 1. The van der Waals surface area contributed by atoms with E-state index in [0.717, 1.165) is 11.8 Å². The molecule has 9 heteroatoms. The number of esters is 1. The molecule has 2 rings (SSSR count). The van der Waals surface area contributed by atoms with Crippen molar-refractivity contribution in [1.82, 2.24) is 5.16 Å². The third kappa shape index (κ3) is 6.24. The molecule has 0 fully saturated rings. The molecule has 0 atom stereocenters. The molecular formula is C16H15ClN2O5S. The lowest BCUT2D eigenvalue weighted by atomic mass is 10.1. The number of amides is 1. The smallest absolute Gasteiger partial charge is 0.316 e. The third-order valence-corrected chi connectivity index (χ3v) is 4.12. The van der Waals surface area contributed by atoms with E-state index in [-0.39, 0.29) is 23.2 Å². The lowest BCUT2D eigenvalue weighted by Crippen LogP contribution is -2.18. The molecular weight excluding hydrogens is 368 g/mol. The molecule has 0 saturated heterocycles. The molecule has 0 spiro atoms. The number of nitrogens with zero attached hydrogens (tertiary/aromatic N) is 1. The van der Waals surface area contributed by atoms with E-state index in [9.17, 15) is 14.4 Å². The monoisotopic (exact) mass is 382 g/mol. The number of nitrogens with one attached hydrogen (secondary N) is 1. The highest BCUT2D eigenvalue weighted by atomic mass is 35.5. The molecule has 1 N–H and O–H groups in total. The second-order valence-electron chi connectivity index (χ2n) is 4.93. The maximum absolute atomic E-state index is 11.9. The van der Waals surface area contributed by atoms with Crippen molar-refractivity contribution in [1.29, 1.82) is 0 Å². The summed E-state index contributed by atoms with van der Waals surface area (Å²) in [6.45, 7) is 1.31. The summed E-state index contributed by atoms with van der Waals surface area (Å²) < 4.78 is 9.71. The van der Waals surface area contributed by atoms with Crippen LogP contribution < -0.4 is 5.32 Å². The van der Waals surface area contributed by atoms with E-state index in [1.165, 1.54) is 0 Å². The van der Waals surface area contributed by atoms with Gasteiger partial charge in [0.2, 0.25) is 11.7 Å². The number of ether oxygens (including phenoxy) is 1. The first-order valence-electron chi connectivity index (χ1n) is 7.20. The van der Waals surface area contributed by atoms with Crippen molar-refractivity contribution < 1.29 is 23.6 Å². The van der Waals surface area contributed by atoms with Crippen LogP contribution >= 0.6 is 23.4 Å². The summed E-state index contributed by atoms with van der Waals surface area (Å²) in [6.07, 6.45) is 0. The van der Waals surface area contributed by atoms with Gasteiger partial charge in [-0.1, -0.05) is 28.9 Å². The zero-order chi connectivity index (χ0) is 18.2.